The lowest BCUT2D eigenvalue weighted by molar-refractivity contribution is -0.122. The molecule has 0 N–H and O–H groups in total. The molecule has 2 saturated heterocycles. The fourth-order valence-corrected chi connectivity index (χ4v) is 5.60. The second-order valence-corrected chi connectivity index (χ2v) is 8.00. The Morgan fingerprint density at radius 1 is 1.30 bits per heavy atom. The van der Waals surface area contributed by atoms with Crippen molar-refractivity contribution < 1.29 is 13.4 Å². The molecule has 0 spiro atoms. The number of fused-ring (bicyclic) bond motifs is 2. The summed E-state index contributed by atoms with van der Waals surface area (Å²) in [5.41, 5.74) is 1.08. The van der Waals surface area contributed by atoms with Crippen molar-refractivity contribution in [1.82, 2.24) is 0 Å². The summed E-state index contributed by atoms with van der Waals surface area (Å²) in [6.45, 7) is 1.72. The van der Waals surface area contributed by atoms with Crippen molar-refractivity contribution in [2.24, 2.45) is 5.92 Å². The van der Waals surface area contributed by atoms with E-state index in [2.05, 4.69) is 0 Å². The van der Waals surface area contributed by atoms with Crippen LogP contribution in [0.4, 0.5) is 4.39 Å². The lowest BCUT2D eigenvalue weighted by Gasteiger charge is -2.26. The van der Waals surface area contributed by atoms with Crippen molar-refractivity contribution in [2.45, 2.75) is 49.5 Å². The van der Waals surface area contributed by atoms with Gasteiger partial charge in [0.1, 0.15) is 11.6 Å². The van der Waals surface area contributed by atoms with Gasteiger partial charge >= 0.3 is 0 Å². The molecule has 1 aromatic rings. The maximum Gasteiger partial charge on any atom is 0.140 e. The second kappa shape index (κ2) is 5.40. The topological polar surface area (TPSA) is 34.1 Å². The molecule has 0 aliphatic carbocycles. The normalized spacial score (nSPS) is 32.3. The van der Waals surface area contributed by atoms with Crippen LogP contribution < -0.4 is 0 Å². The van der Waals surface area contributed by atoms with Gasteiger partial charge in [0.2, 0.25) is 0 Å². The van der Waals surface area contributed by atoms with E-state index in [0.717, 1.165) is 25.7 Å². The molecule has 4 heteroatoms. The highest BCUT2D eigenvalue weighted by atomic mass is 32.2. The SMILES string of the molecule is Cc1cccc(CC(=O)C2CC3CCC(C2)S3=O)c1F. The van der Waals surface area contributed by atoms with E-state index in [-0.39, 0.29) is 34.4 Å². The summed E-state index contributed by atoms with van der Waals surface area (Å²) >= 11 is 0. The van der Waals surface area contributed by atoms with Crippen LogP contribution in [-0.2, 0) is 22.0 Å². The predicted molar refractivity (Wildman–Crippen MR) is 77.5 cm³/mol. The summed E-state index contributed by atoms with van der Waals surface area (Å²) in [4.78, 5) is 12.4. The number of ketones is 1. The van der Waals surface area contributed by atoms with Gasteiger partial charge in [-0.3, -0.25) is 9.00 Å². The summed E-state index contributed by atoms with van der Waals surface area (Å²) in [6.07, 6.45) is 3.61. The van der Waals surface area contributed by atoms with Crippen molar-refractivity contribution in [2.75, 3.05) is 0 Å². The monoisotopic (exact) mass is 294 g/mol. The first-order valence-corrected chi connectivity index (χ1v) is 8.50. The van der Waals surface area contributed by atoms with Gasteiger partial charge in [-0.15, -0.1) is 0 Å². The first kappa shape index (κ1) is 13.9. The number of benzene rings is 1. The third-order valence-corrected chi connectivity index (χ3v) is 6.82. The van der Waals surface area contributed by atoms with Gasteiger partial charge in [0.05, 0.1) is 0 Å². The van der Waals surface area contributed by atoms with Crippen LogP contribution in [0.3, 0.4) is 0 Å². The molecule has 3 rings (SSSR count). The van der Waals surface area contributed by atoms with Gasteiger partial charge in [-0.1, -0.05) is 18.2 Å². The van der Waals surface area contributed by atoms with Gasteiger partial charge in [0.25, 0.3) is 0 Å². The molecule has 2 bridgehead atoms. The molecular formula is C16H19FO2S. The third-order valence-electron chi connectivity index (χ3n) is 4.65. The van der Waals surface area contributed by atoms with Gasteiger partial charge in [0.15, 0.2) is 0 Å². The molecule has 2 aliphatic rings. The van der Waals surface area contributed by atoms with E-state index in [9.17, 15) is 13.4 Å². The predicted octanol–water partition coefficient (Wildman–Crippen LogP) is 2.94. The van der Waals surface area contributed by atoms with E-state index in [1.807, 2.05) is 0 Å². The summed E-state index contributed by atoms with van der Waals surface area (Å²) in [6, 6.07) is 5.20. The smallest absolute Gasteiger partial charge is 0.140 e. The summed E-state index contributed by atoms with van der Waals surface area (Å²) in [5, 5.41) is 0.398. The van der Waals surface area contributed by atoms with Crippen LogP contribution in [0.5, 0.6) is 0 Å². The van der Waals surface area contributed by atoms with Crippen molar-refractivity contribution in [3.63, 3.8) is 0 Å². The van der Waals surface area contributed by atoms with Crippen molar-refractivity contribution >= 4 is 16.6 Å². The highest BCUT2D eigenvalue weighted by Gasteiger charge is 2.42. The van der Waals surface area contributed by atoms with Gasteiger partial charge in [-0.05, 0) is 43.7 Å². The van der Waals surface area contributed by atoms with E-state index in [1.54, 1.807) is 25.1 Å². The number of carbonyl (C=O) groups is 1. The minimum atomic E-state index is -0.737. The molecule has 1 aromatic carbocycles. The standard InChI is InChI=1S/C16H19FO2S/c1-10-3-2-4-11(16(10)17)9-15(18)12-7-13-5-6-14(8-12)20(13)19/h2-4,12-14H,5-9H2,1H3. The zero-order valence-electron chi connectivity index (χ0n) is 11.6. The molecule has 2 unspecified atom stereocenters. The molecular weight excluding hydrogens is 275 g/mol. The molecule has 0 aromatic heterocycles. The first-order valence-electron chi connectivity index (χ1n) is 7.22. The van der Waals surface area contributed by atoms with Gasteiger partial charge in [0, 0.05) is 33.6 Å². The van der Waals surface area contributed by atoms with E-state index >= 15 is 0 Å². The first-order chi connectivity index (χ1) is 9.56. The molecule has 2 nitrogen and oxygen atoms in total. The highest BCUT2D eigenvalue weighted by Crippen LogP contribution is 2.39. The van der Waals surface area contributed by atoms with Gasteiger partial charge in [-0.25, -0.2) is 4.39 Å². The molecule has 20 heavy (non-hydrogen) atoms. The molecule has 0 amide bonds. The number of halogens is 1. The molecule has 2 aliphatic heterocycles. The van der Waals surface area contributed by atoms with Crippen LogP contribution in [0.25, 0.3) is 0 Å². The van der Waals surface area contributed by atoms with Crippen molar-refractivity contribution in [3.05, 3.63) is 35.1 Å². The van der Waals surface area contributed by atoms with E-state index in [0.29, 0.717) is 11.1 Å². The number of aryl methyl sites for hydroxylation is 1. The minimum Gasteiger partial charge on any atom is -0.299 e. The Bertz CT molecular complexity index is 554. The number of hydrogen-bond acceptors (Lipinski definition) is 2. The fraction of sp³-hybridized carbons (Fsp3) is 0.562. The fourth-order valence-electron chi connectivity index (χ4n) is 3.47. The number of Topliss-reactive ketones (excluding diaryl/α,β-unsaturated/α-hetero) is 1. The Balaban J connectivity index is 1.71. The van der Waals surface area contributed by atoms with Crippen LogP contribution in [0.15, 0.2) is 18.2 Å². The van der Waals surface area contributed by atoms with Crippen molar-refractivity contribution in [1.29, 1.82) is 0 Å². The van der Waals surface area contributed by atoms with Gasteiger partial charge < -0.3 is 0 Å². The Labute approximate surface area is 121 Å². The number of rotatable bonds is 3. The molecule has 2 fully saturated rings. The second-order valence-electron chi connectivity index (χ2n) is 6.01. The lowest BCUT2D eigenvalue weighted by Crippen LogP contribution is -2.33. The summed E-state index contributed by atoms with van der Waals surface area (Å²) in [5.74, 6) is -0.170. The minimum absolute atomic E-state index is 0.0230. The highest BCUT2D eigenvalue weighted by molar-refractivity contribution is 7.86. The Morgan fingerprint density at radius 2 is 1.95 bits per heavy atom. The van der Waals surface area contributed by atoms with E-state index < -0.39 is 10.8 Å². The summed E-state index contributed by atoms with van der Waals surface area (Å²) in [7, 11) is -0.737. The Morgan fingerprint density at radius 3 is 2.60 bits per heavy atom. The lowest BCUT2D eigenvalue weighted by atomic mass is 9.90. The van der Waals surface area contributed by atoms with Gasteiger partial charge in [-0.2, -0.15) is 0 Å². The quantitative estimate of drug-likeness (QED) is 0.859. The maximum atomic E-state index is 14.0. The molecule has 0 radical (unpaired) electrons. The van der Waals surface area contributed by atoms with Crippen LogP contribution in [0.1, 0.15) is 36.8 Å². The number of carbonyl (C=O) groups excluding carboxylic acids is 1. The van der Waals surface area contributed by atoms with E-state index in [1.165, 1.54) is 0 Å². The van der Waals surface area contributed by atoms with Crippen LogP contribution >= 0.6 is 0 Å². The third kappa shape index (κ3) is 2.46. The summed E-state index contributed by atoms with van der Waals surface area (Å²) < 4.78 is 25.9. The van der Waals surface area contributed by atoms with Crippen LogP contribution in [-0.4, -0.2) is 20.5 Å². The average Bonchev–Trinajstić information content (AvgIpc) is 2.66. The van der Waals surface area contributed by atoms with E-state index in [4.69, 9.17) is 0 Å². The van der Waals surface area contributed by atoms with Crippen molar-refractivity contribution in [3.8, 4) is 0 Å². The zero-order valence-corrected chi connectivity index (χ0v) is 12.4. The van der Waals surface area contributed by atoms with Crippen LogP contribution in [0.2, 0.25) is 0 Å². The molecule has 0 saturated carbocycles. The molecule has 2 atom stereocenters. The molecule has 2 heterocycles. The Kier molecular flexibility index (Phi) is 3.76. The average molecular weight is 294 g/mol. The Hall–Kier alpha value is -1.03. The van der Waals surface area contributed by atoms with Crippen LogP contribution in [0, 0.1) is 18.7 Å². The molecule has 108 valence electrons. The largest absolute Gasteiger partial charge is 0.299 e. The number of hydrogen-bond donors (Lipinski definition) is 0. The maximum absolute atomic E-state index is 14.0. The zero-order chi connectivity index (χ0) is 14.3.